The minimum atomic E-state index is -4.65. The summed E-state index contributed by atoms with van der Waals surface area (Å²) in [6.07, 6.45) is -3.14. The van der Waals surface area contributed by atoms with Gasteiger partial charge in [-0.1, -0.05) is 36.4 Å². The van der Waals surface area contributed by atoms with E-state index in [-0.39, 0.29) is 16.7 Å². The monoisotopic (exact) mass is 371 g/mol. The molecule has 0 aliphatic heterocycles. The highest BCUT2D eigenvalue weighted by molar-refractivity contribution is 5.94. The maximum absolute atomic E-state index is 13.6. The number of amides is 1. The number of alkyl halides is 3. The zero-order chi connectivity index (χ0) is 19.4. The average molecular weight is 371 g/mol. The van der Waals surface area contributed by atoms with E-state index < -0.39 is 17.6 Å². The fraction of sp³-hybridized carbons (Fsp3) is 0.100. The first kappa shape index (κ1) is 18.4. The van der Waals surface area contributed by atoms with Crippen molar-refractivity contribution in [2.45, 2.75) is 12.7 Å². The van der Waals surface area contributed by atoms with Crippen LogP contribution >= 0.6 is 0 Å². The van der Waals surface area contributed by atoms with Gasteiger partial charge in [-0.15, -0.1) is 0 Å². The van der Waals surface area contributed by atoms with Crippen LogP contribution in [0.25, 0.3) is 11.1 Å². The minimum Gasteiger partial charge on any atom is -0.366 e. The number of anilines is 1. The van der Waals surface area contributed by atoms with Crippen LogP contribution in [0.15, 0.2) is 66.9 Å². The van der Waals surface area contributed by atoms with Gasteiger partial charge in [0.15, 0.2) is 0 Å². The summed E-state index contributed by atoms with van der Waals surface area (Å²) in [6.45, 7) is 0.408. The molecule has 0 atom stereocenters. The van der Waals surface area contributed by atoms with E-state index in [2.05, 4.69) is 10.3 Å². The third kappa shape index (κ3) is 4.25. The molecule has 0 spiro atoms. The number of hydrogen-bond donors (Lipinski definition) is 2. The van der Waals surface area contributed by atoms with Gasteiger partial charge in [0, 0.05) is 23.9 Å². The summed E-state index contributed by atoms with van der Waals surface area (Å²) in [6, 6.07) is 15.8. The van der Waals surface area contributed by atoms with Crippen LogP contribution < -0.4 is 11.1 Å². The Balaban J connectivity index is 2.03. The molecule has 7 heteroatoms. The van der Waals surface area contributed by atoms with Crippen molar-refractivity contribution in [3.63, 3.8) is 0 Å². The van der Waals surface area contributed by atoms with Crippen LogP contribution in [0.3, 0.4) is 0 Å². The van der Waals surface area contributed by atoms with Crippen LogP contribution in [-0.4, -0.2) is 10.9 Å². The molecule has 0 aliphatic rings. The second kappa shape index (κ2) is 7.49. The van der Waals surface area contributed by atoms with E-state index in [1.165, 1.54) is 18.3 Å². The predicted molar refractivity (Wildman–Crippen MR) is 97.0 cm³/mol. The third-order valence-corrected chi connectivity index (χ3v) is 4.01. The molecule has 1 amide bonds. The van der Waals surface area contributed by atoms with Crippen molar-refractivity contribution < 1.29 is 18.0 Å². The summed E-state index contributed by atoms with van der Waals surface area (Å²) in [5.41, 5.74) is 5.17. The maximum Gasteiger partial charge on any atom is 0.417 e. The number of nitrogens with one attached hydrogen (secondary N) is 1. The number of hydrogen-bond acceptors (Lipinski definition) is 3. The van der Waals surface area contributed by atoms with Gasteiger partial charge in [-0.25, -0.2) is 4.98 Å². The molecule has 0 unspecified atom stereocenters. The van der Waals surface area contributed by atoms with Gasteiger partial charge in [-0.3, -0.25) is 4.79 Å². The van der Waals surface area contributed by atoms with Crippen LogP contribution in [0.5, 0.6) is 0 Å². The van der Waals surface area contributed by atoms with Gasteiger partial charge >= 0.3 is 6.18 Å². The lowest BCUT2D eigenvalue weighted by Gasteiger charge is -2.17. The Hall–Kier alpha value is -3.35. The molecule has 0 saturated heterocycles. The van der Waals surface area contributed by atoms with Crippen molar-refractivity contribution in [1.29, 1.82) is 0 Å². The van der Waals surface area contributed by atoms with E-state index in [0.29, 0.717) is 12.4 Å². The van der Waals surface area contributed by atoms with E-state index in [4.69, 9.17) is 5.73 Å². The number of halogens is 3. The fourth-order valence-electron chi connectivity index (χ4n) is 2.71. The van der Waals surface area contributed by atoms with Gasteiger partial charge in [0.25, 0.3) is 0 Å². The number of aromatic nitrogens is 1. The van der Waals surface area contributed by atoms with Crippen molar-refractivity contribution >= 4 is 11.7 Å². The number of primary amides is 1. The summed E-state index contributed by atoms with van der Waals surface area (Å²) < 4.78 is 40.7. The van der Waals surface area contributed by atoms with Crippen LogP contribution in [0.1, 0.15) is 21.5 Å². The van der Waals surface area contributed by atoms with E-state index in [9.17, 15) is 18.0 Å². The molecule has 4 nitrogen and oxygen atoms in total. The summed E-state index contributed by atoms with van der Waals surface area (Å²) in [4.78, 5) is 15.5. The van der Waals surface area contributed by atoms with Crippen LogP contribution in [-0.2, 0) is 12.7 Å². The van der Waals surface area contributed by atoms with E-state index in [0.717, 1.165) is 11.6 Å². The lowest BCUT2D eigenvalue weighted by molar-refractivity contribution is -0.137. The fourth-order valence-corrected chi connectivity index (χ4v) is 2.71. The van der Waals surface area contributed by atoms with Crippen molar-refractivity contribution in [2.24, 2.45) is 5.73 Å². The molecule has 3 N–H and O–H groups in total. The van der Waals surface area contributed by atoms with E-state index in [1.54, 1.807) is 12.1 Å². The topological polar surface area (TPSA) is 68.0 Å². The van der Waals surface area contributed by atoms with Crippen molar-refractivity contribution in [1.82, 2.24) is 4.98 Å². The van der Waals surface area contributed by atoms with Crippen LogP contribution in [0.2, 0.25) is 0 Å². The average Bonchev–Trinajstić information content (AvgIpc) is 2.66. The first-order valence-corrected chi connectivity index (χ1v) is 8.10. The molecule has 1 heterocycles. The Morgan fingerprint density at radius 2 is 1.74 bits per heavy atom. The number of carbonyl (C=O) groups excluding carboxylic acids is 1. The largest absolute Gasteiger partial charge is 0.417 e. The third-order valence-electron chi connectivity index (χ3n) is 4.01. The lowest BCUT2D eigenvalue weighted by atomic mass is 9.97. The summed E-state index contributed by atoms with van der Waals surface area (Å²) in [5.74, 6) is -0.598. The highest BCUT2D eigenvalue weighted by Gasteiger charge is 2.35. The van der Waals surface area contributed by atoms with Crippen molar-refractivity contribution in [2.75, 3.05) is 5.32 Å². The Kier molecular flexibility index (Phi) is 5.12. The second-order valence-electron chi connectivity index (χ2n) is 5.86. The maximum atomic E-state index is 13.6. The Morgan fingerprint density at radius 3 is 2.41 bits per heavy atom. The van der Waals surface area contributed by atoms with Gasteiger partial charge in [0.05, 0.1) is 5.56 Å². The molecule has 3 aromatic rings. The van der Waals surface area contributed by atoms with Gasteiger partial charge in [0.2, 0.25) is 5.91 Å². The van der Waals surface area contributed by atoms with E-state index in [1.807, 2.05) is 30.3 Å². The van der Waals surface area contributed by atoms with Gasteiger partial charge in [-0.2, -0.15) is 13.2 Å². The molecule has 0 aliphatic carbocycles. The van der Waals surface area contributed by atoms with Crippen molar-refractivity contribution in [3.8, 4) is 11.1 Å². The molecule has 27 heavy (non-hydrogen) atoms. The Bertz CT molecular complexity index is 956. The molecule has 0 saturated carbocycles. The van der Waals surface area contributed by atoms with E-state index >= 15 is 0 Å². The molecular formula is C20H16F3N3O. The molecule has 1 aromatic heterocycles. The Labute approximate surface area is 153 Å². The zero-order valence-corrected chi connectivity index (χ0v) is 14.1. The van der Waals surface area contributed by atoms with Gasteiger partial charge < -0.3 is 11.1 Å². The van der Waals surface area contributed by atoms with Gasteiger partial charge in [0.1, 0.15) is 5.82 Å². The molecule has 138 valence electrons. The Morgan fingerprint density at radius 1 is 1.00 bits per heavy atom. The smallest absolute Gasteiger partial charge is 0.366 e. The lowest BCUT2D eigenvalue weighted by Crippen LogP contribution is -2.15. The first-order chi connectivity index (χ1) is 12.9. The first-order valence-electron chi connectivity index (χ1n) is 8.10. The molecular weight excluding hydrogens is 355 g/mol. The normalized spacial score (nSPS) is 11.2. The number of carbonyl (C=O) groups is 1. The van der Waals surface area contributed by atoms with Gasteiger partial charge in [-0.05, 0) is 35.4 Å². The second-order valence-corrected chi connectivity index (χ2v) is 5.86. The zero-order valence-electron chi connectivity index (χ0n) is 14.1. The SMILES string of the molecule is NC(=O)c1ccc(-c2cccnc2NCc2ccccc2)c(C(F)(F)F)c1. The number of nitrogens with two attached hydrogens (primary N) is 1. The number of pyridine rings is 1. The molecule has 0 bridgehead atoms. The summed E-state index contributed by atoms with van der Waals surface area (Å²) >= 11 is 0. The quantitative estimate of drug-likeness (QED) is 0.695. The molecule has 0 fully saturated rings. The number of rotatable bonds is 5. The minimum absolute atomic E-state index is 0.0730. The number of benzene rings is 2. The molecule has 0 radical (unpaired) electrons. The molecule has 3 rings (SSSR count). The summed E-state index contributed by atoms with van der Waals surface area (Å²) in [5, 5.41) is 3.07. The highest BCUT2D eigenvalue weighted by Crippen LogP contribution is 2.39. The highest BCUT2D eigenvalue weighted by atomic mass is 19.4. The predicted octanol–water partition coefficient (Wildman–Crippen LogP) is 4.48. The summed E-state index contributed by atoms with van der Waals surface area (Å²) in [7, 11) is 0. The van der Waals surface area contributed by atoms with Crippen LogP contribution in [0, 0.1) is 0 Å². The number of nitrogens with zero attached hydrogens (tertiary/aromatic N) is 1. The van der Waals surface area contributed by atoms with Crippen LogP contribution in [0.4, 0.5) is 19.0 Å². The standard InChI is InChI=1S/C20H16F3N3O/c21-20(22,23)17-11-14(18(24)27)8-9-15(17)16-7-4-10-25-19(16)26-12-13-5-2-1-3-6-13/h1-11H,12H2,(H2,24,27)(H,25,26). The molecule has 2 aromatic carbocycles. The van der Waals surface area contributed by atoms with Crippen molar-refractivity contribution in [3.05, 3.63) is 83.6 Å².